The molecule has 1 unspecified atom stereocenters. The molecule has 0 radical (unpaired) electrons. The first-order valence-electron chi connectivity index (χ1n) is 6.31. The summed E-state index contributed by atoms with van der Waals surface area (Å²) in [6.07, 6.45) is 1.08. The van der Waals surface area contributed by atoms with Crippen LogP contribution in [0, 0.1) is 0 Å². The predicted octanol–water partition coefficient (Wildman–Crippen LogP) is 0.518. The summed E-state index contributed by atoms with van der Waals surface area (Å²) in [5, 5.41) is -0.977. The monoisotopic (exact) mass is 350 g/mol. The van der Waals surface area contributed by atoms with Crippen molar-refractivity contribution in [2.75, 3.05) is 30.0 Å². The van der Waals surface area contributed by atoms with E-state index in [0.717, 1.165) is 10.6 Å². The zero-order valence-electron chi connectivity index (χ0n) is 11.6. The van der Waals surface area contributed by atoms with Crippen LogP contribution in [0.3, 0.4) is 0 Å². The van der Waals surface area contributed by atoms with Crippen LogP contribution in [0.25, 0.3) is 0 Å². The SMILES string of the molecule is CS(=O)(=O)C1CSCCN1S(=O)(=O)Cc1ccc(N)cc1. The van der Waals surface area contributed by atoms with E-state index in [-0.39, 0.29) is 18.1 Å². The predicted molar refractivity (Wildman–Crippen MR) is 86.1 cm³/mol. The van der Waals surface area contributed by atoms with E-state index in [9.17, 15) is 16.8 Å². The van der Waals surface area contributed by atoms with Crippen molar-refractivity contribution in [3.8, 4) is 0 Å². The van der Waals surface area contributed by atoms with Crippen molar-refractivity contribution in [1.29, 1.82) is 0 Å². The van der Waals surface area contributed by atoms with Crippen molar-refractivity contribution in [3.05, 3.63) is 29.8 Å². The van der Waals surface area contributed by atoms with Crippen molar-refractivity contribution in [1.82, 2.24) is 4.31 Å². The lowest BCUT2D eigenvalue weighted by Crippen LogP contribution is -2.50. The Kier molecular flexibility index (Phi) is 4.86. The molecule has 1 aliphatic heterocycles. The average Bonchev–Trinajstić information content (AvgIpc) is 2.40. The maximum atomic E-state index is 12.5. The van der Waals surface area contributed by atoms with E-state index in [0.29, 0.717) is 17.0 Å². The summed E-state index contributed by atoms with van der Waals surface area (Å²) >= 11 is 1.46. The third-order valence-electron chi connectivity index (χ3n) is 3.22. The molecule has 2 N–H and O–H groups in total. The number of hydrogen-bond acceptors (Lipinski definition) is 6. The molecule has 0 aliphatic carbocycles. The Balaban J connectivity index is 2.26. The minimum Gasteiger partial charge on any atom is -0.399 e. The molecule has 6 nitrogen and oxygen atoms in total. The van der Waals surface area contributed by atoms with Gasteiger partial charge in [0.1, 0.15) is 5.37 Å². The number of sulfone groups is 1. The summed E-state index contributed by atoms with van der Waals surface area (Å²) in [7, 11) is -7.13. The summed E-state index contributed by atoms with van der Waals surface area (Å²) in [4.78, 5) is 0. The van der Waals surface area contributed by atoms with Crippen LogP contribution in [0.4, 0.5) is 5.69 Å². The fourth-order valence-corrected chi connectivity index (χ4v) is 7.47. The van der Waals surface area contributed by atoms with Crippen LogP contribution in [0.5, 0.6) is 0 Å². The number of thioether (sulfide) groups is 1. The smallest absolute Gasteiger partial charge is 0.219 e. The highest BCUT2D eigenvalue weighted by molar-refractivity contribution is 8.01. The van der Waals surface area contributed by atoms with Gasteiger partial charge in [0.25, 0.3) is 0 Å². The van der Waals surface area contributed by atoms with Crippen molar-refractivity contribution in [2.45, 2.75) is 11.1 Å². The van der Waals surface area contributed by atoms with Gasteiger partial charge in [-0.05, 0) is 17.7 Å². The van der Waals surface area contributed by atoms with E-state index in [2.05, 4.69) is 0 Å². The van der Waals surface area contributed by atoms with E-state index < -0.39 is 25.2 Å². The van der Waals surface area contributed by atoms with Crippen LogP contribution >= 0.6 is 11.8 Å². The van der Waals surface area contributed by atoms with E-state index in [4.69, 9.17) is 5.73 Å². The number of nitrogens with zero attached hydrogens (tertiary/aromatic N) is 1. The molecule has 2 rings (SSSR count). The number of nitrogen functional groups attached to an aromatic ring is 1. The Morgan fingerprint density at radius 2 is 1.86 bits per heavy atom. The number of anilines is 1. The molecule has 1 heterocycles. The molecule has 1 aliphatic rings. The molecule has 118 valence electrons. The number of benzene rings is 1. The third-order valence-corrected chi connectivity index (χ3v) is 7.84. The van der Waals surface area contributed by atoms with Gasteiger partial charge in [0.15, 0.2) is 9.84 Å². The minimum absolute atomic E-state index is 0.218. The minimum atomic E-state index is -3.68. The molecule has 1 aromatic carbocycles. The largest absolute Gasteiger partial charge is 0.399 e. The first kappa shape index (κ1) is 16.6. The Morgan fingerprint density at radius 1 is 1.24 bits per heavy atom. The van der Waals surface area contributed by atoms with Gasteiger partial charge in [0.2, 0.25) is 10.0 Å². The molecule has 0 spiro atoms. The summed E-state index contributed by atoms with van der Waals surface area (Å²) in [5.74, 6) is 0.663. The van der Waals surface area contributed by atoms with Gasteiger partial charge >= 0.3 is 0 Å². The summed E-state index contributed by atoms with van der Waals surface area (Å²) in [5.41, 5.74) is 6.72. The Morgan fingerprint density at radius 3 is 2.43 bits per heavy atom. The molecule has 1 fully saturated rings. The number of nitrogens with two attached hydrogens (primary N) is 1. The second kappa shape index (κ2) is 6.15. The van der Waals surface area contributed by atoms with Gasteiger partial charge < -0.3 is 5.73 Å². The van der Waals surface area contributed by atoms with Gasteiger partial charge in [0, 0.05) is 30.0 Å². The van der Waals surface area contributed by atoms with E-state index >= 15 is 0 Å². The summed E-state index contributed by atoms with van der Waals surface area (Å²) < 4.78 is 49.8. The molecular formula is C12H18N2O4S3. The molecule has 0 saturated carbocycles. The van der Waals surface area contributed by atoms with Crippen LogP contribution in [-0.4, -0.2) is 50.8 Å². The van der Waals surface area contributed by atoms with Crippen LogP contribution in [0.1, 0.15) is 5.56 Å². The fourth-order valence-electron chi connectivity index (χ4n) is 2.13. The highest BCUT2D eigenvalue weighted by Gasteiger charge is 2.38. The van der Waals surface area contributed by atoms with Gasteiger partial charge in [-0.15, -0.1) is 0 Å². The van der Waals surface area contributed by atoms with Gasteiger partial charge in [0.05, 0.1) is 5.75 Å². The zero-order chi connectivity index (χ0) is 15.7. The fraction of sp³-hybridized carbons (Fsp3) is 0.500. The molecule has 0 amide bonds. The molecule has 1 aromatic rings. The Bertz CT molecular complexity index is 699. The van der Waals surface area contributed by atoms with Crippen molar-refractivity contribution < 1.29 is 16.8 Å². The van der Waals surface area contributed by atoms with Crippen molar-refractivity contribution in [3.63, 3.8) is 0 Å². The summed E-state index contributed by atoms with van der Waals surface area (Å²) in [6, 6.07) is 6.54. The maximum absolute atomic E-state index is 12.5. The van der Waals surface area contributed by atoms with Gasteiger partial charge in [-0.3, -0.25) is 0 Å². The van der Waals surface area contributed by atoms with Crippen molar-refractivity contribution in [2.24, 2.45) is 0 Å². The summed E-state index contributed by atoms with van der Waals surface area (Å²) in [6.45, 7) is 0.222. The topological polar surface area (TPSA) is 97.5 Å². The van der Waals surface area contributed by atoms with Gasteiger partial charge in [-0.2, -0.15) is 16.1 Å². The van der Waals surface area contributed by atoms with Crippen LogP contribution < -0.4 is 5.73 Å². The Labute approximate surface area is 129 Å². The van der Waals surface area contributed by atoms with E-state index in [1.807, 2.05) is 0 Å². The lowest BCUT2D eigenvalue weighted by Gasteiger charge is -2.33. The highest BCUT2D eigenvalue weighted by atomic mass is 32.2. The number of hydrogen-bond donors (Lipinski definition) is 1. The average molecular weight is 350 g/mol. The van der Waals surface area contributed by atoms with Gasteiger partial charge in [-0.1, -0.05) is 12.1 Å². The molecule has 1 saturated heterocycles. The standard InChI is InChI=1S/C12H18N2O4S3/c1-20(15,16)12-8-19-7-6-14(12)21(17,18)9-10-2-4-11(13)5-3-10/h2-5,12H,6-9,13H2,1H3. The number of sulfonamides is 1. The quantitative estimate of drug-likeness (QED) is 0.795. The molecular weight excluding hydrogens is 332 g/mol. The second-order valence-electron chi connectivity index (χ2n) is 4.97. The Hall–Kier alpha value is -0.770. The third kappa shape index (κ3) is 4.12. The number of rotatable bonds is 4. The van der Waals surface area contributed by atoms with Crippen LogP contribution in [0.15, 0.2) is 24.3 Å². The second-order valence-corrected chi connectivity index (χ2v) is 10.2. The maximum Gasteiger partial charge on any atom is 0.219 e. The zero-order valence-corrected chi connectivity index (χ0v) is 14.0. The molecule has 9 heteroatoms. The first-order valence-corrected chi connectivity index (χ1v) is 11.0. The molecule has 21 heavy (non-hydrogen) atoms. The highest BCUT2D eigenvalue weighted by Crippen LogP contribution is 2.25. The van der Waals surface area contributed by atoms with Gasteiger partial charge in [-0.25, -0.2) is 16.8 Å². The van der Waals surface area contributed by atoms with E-state index in [1.54, 1.807) is 24.3 Å². The van der Waals surface area contributed by atoms with Crippen LogP contribution in [0.2, 0.25) is 0 Å². The molecule has 0 aromatic heterocycles. The molecule has 0 bridgehead atoms. The lowest BCUT2D eigenvalue weighted by molar-refractivity contribution is 0.404. The normalized spacial score (nSPS) is 21.3. The van der Waals surface area contributed by atoms with Crippen molar-refractivity contribution >= 4 is 37.3 Å². The molecule has 1 atom stereocenters. The van der Waals surface area contributed by atoms with Crippen LogP contribution in [-0.2, 0) is 25.6 Å². The van der Waals surface area contributed by atoms with E-state index in [1.165, 1.54) is 11.8 Å². The lowest BCUT2D eigenvalue weighted by atomic mass is 10.2. The first-order chi connectivity index (χ1) is 9.70.